The van der Waals surface area contributed by atoms with Gasteiger partial charge in [-0.15, -0.1) is 0 Å². The Morgan fingerprint density at radius 2 is 2.08 bits per heavy atom. The molecule has 0 aromatic rings. The maximum Gasteiger partial charge on any atom is 0.306 e. The van der Waals surface area contributed by atoms with Crippen LogP contribution in [-0.4, -0.2) is 22.9 Å². The number of rotatable bonds is 6. The Morgan fingerprint density at radius 3 is 2.42 bits per heavy atom. The minimum Gasteiger partial charge on any atom is -0.481 e. The minimum atomic E-state index is -0.732. The van der Waals surface area contributed by atoms with Crippen LogP contribution in [0.3, 0.4) is 0 Å². The van der Waals surface area contributed by atoms with Crippen molar-refractivity contribution in [3.8, 4) is 0 Å². The standard InChI is InChI=1S/C8H17NO2S/c1-6(9)2-3-7(4-5-12)8(10)11/h6-7,12H,2-5,9H2,1H3,(H,10,11). The first kappa shape index (κ1) is 11.8. The van der Waals surface area contributed by atoms with Crippen molar-refractivity contribution in [1.82, 2.24) is 0 Å². The van der Waals surface area contributed by atoms with Crippen LogP contribution in [0, 0.1) is 5.92 Å². The zero-order chi connectivity index (χ0) is 9.56. The molecule has 2 unspecified atom stereocenters. The summed E-state index contributed by atoms with van der Waals surface area (Å²) in [5, 5.41) is 8.74. The van der Waals surface area contributed by atoms with Gasteiger partial charge in [0.05, 0.1) is 5.92 Å². The molecule has 0 spiro atoms. The first-order valence-electron chi connectivity index (χ1n) is 4.17. The second-order valence-corrected chi connectivity index (χ2v) is 3.55. The van der Waals surface area contributed by atoms with Gasteiger partial charge < -0.3 is 10.8 Å². The van der Waals surface area contributed by atoms with E-state index in [2.05, 4.69) is 12.6 Å². The summed E-state index contributed by atoms with van der Waals surface area (Å²) in [6.45, 7) is 1.89. The fourth-order valence-corrected chi connectivity index (χ4v) is 1.32. The van der Waals surface area contributed by atoms with Crippen LogP contribution in [0.5, 0.6) is 0 Å². The van der Waals surface area contributed by atoms with Crippen molar-refractivity contribution in [3.63, 3.8) is 0 Å². The highest BCUT2D eigenvalue weighted by Gasteiger charge is 2.16. The van der Waals surface area contributed by atoms with Crippen molar-refractivity contribution < 1.29 is 9.90 Å². The van der Waals surface area contributed by atoms with Crippen LogP contribution >= 0.6 is 12.6 Å². The van der Waals surface area contributed by atoms with Gasteiger partial charge in [-0.25, -0.2) is 0 Å². The summed E-state index contributed by atoms with van der Waals surface area (Å²) in [5.74, 6) is -0.381. The molecule has 0 aliphatic heterocycles. The molecule has 3 N–H and O–H groups in total. The van der Waals surface area contributed by atoms with E-state index in [1.54, 1.807) is 0 Å². The van der Waals surface area contributed by atoms with Crippen LogP contribution in [0.1, 0.15) is 26.2 Å². The van der Waals surface area contributed by atoms with E-state index in [-0.39, 0.29) is 12.0 Å². The molecule has 0 fully saturated rings. The summed E-state index contributed by atoms with van der Waals surface area (Å²) in [7, 11) is 0. The SMILES string of the molecule is CC(N)CCC(CCS)C(=O)O. The first-order valence-corrected chi connectivity index (χ1v) is 4.80. The summed E-state index contributed by atoms with van der Waals surface area (Å²) in [5.41, 5.74) is 5.52. The molecule has 0 saturated carbocycles. The van der Waals surface area contributed by atoms with Gasteiger partial charge in [0.15, 0.2) is 0 Å². The van der Waals surface area contributed by atoms with E-state index in [1.165, 1.54) is 0 Å². The summed E-state index contributed by atoms with van der Waals surface area (Å²) < 4.78 is 0. The lowest BCUT2D eigenvalue weighted by Gasteiger charge is -2.11. The van der Waals surface area contributed by atoms with Crippen LogP contribution < -0.4 is 5.73 Å². The topological polar surface area (TPSA) is 63.3 Å². The van der Waals surface area contributed by atoms with E-state index >= 15 is 0 Å². The highest BCUT2D eigenvalue weighted by Crippen LogP contribution is 2.13. The number of nitrogens with two attached hydrogens (primary N) is 1. The number of thiol groups is 1. The number of carboxylic acid groups (broad SMARTS) is 1. The second kappa shape index (κ2) is 6.31. The van der Waals surface area contributed by atoms with E-state index in [4.69, 9.17) is 10.8 Å². The molecular weight excluding hydrogens is 174 g/mol. The molecule has 0 aliphatic rings. The molecule has 0 aromatic heterocycles. The first-order chi connectivity index (χ1) is 5.57. The maximum absolute atomic E-state index is 10.6. The smallest absolute Gasteiger partial charge is 0.306 e. The third kappa shape index (κ3) is 5.43. The molecule has 0 amide bonds. The van der Waals surface area contributed by atoms with Crippen molar-refractivity contribution in [3.05, 3.63) is 0 Å². The molecule has 3 nitrogen and oxygen atoms in total. The molecule has 0 bridgehead atoms. The molecular formula is C8H17NO2S. The predicted octanol–water partition coefficient (Wildman–Crippen LogP) is 1.13. The van der Waals surface area contributed by atoms with Crippen molar-refractivity contribution >= 4 is 18.6 Å². The molecule has 2 atom stereocenters. The Hall–Kier alpha value is -0.220. The van der Waals surface area contributed by atoms with Crippen molar-refractivity contribution in [2.45, 2.75) is 32.2 Å². The van der Waals surface area contributed by atoms with Gasteiger partial charge in [0.2, 0.25) is 0 Å². The van der Waals surface area contributed by atoms with Crippen LogP contribution in [0.4, 0.5) is 0 Å². The van der Waals surface area contributed by atoms with Crippen molar-refractivity contribution in [2.75, 3.05) is 5.75 Å². The third-order valence-electron chi connectivity index (χ3n) is 1.80. The predicted molar refractivity (Wildman–Crippen MR) is 52.5 cm³/mol. The van der Waals surface area contributed by atoms with Crippen molar-refractivity contribution in [1.29, 1.82) is 0 Å². The summed E-state index contributed by atoms with van der Waals surface area (Å²) in [6, 6.07) is 0.0896. The van der Waals surface area contributed by atoms with Crippen LogP contribution in [0.15, 0.2) is 0 Å². The van der Waals surface area contributed by atoms with Gasteiger partial charge in [-0.05, 0) is 31.9 Å². The highest BCUT2D eigenvalue weighted by molar-refractivity contribution is 7.80. The average molecular weight is 191 g/mol. The van der Waals surface area contributed by atoms with Gasteiger partial charge >= 0.3 is 5.97 Å². The summed E-state index contributed by atoms with van der Waals surface area (Å²) in [4.78, 5) is 10.6. The number of carboxylic acids is 1. The van der Waals surface area contributed by atoms with Gasteiger partial charge in [-0.2, -0.15) is 12.6 Å². The van der Waals surface area contributed by atoms with E-state index < -0.39 is 5.97 Å². The Balaban J connectivity index is 3.71. The van der Waals surface area contributed by atoms with E-state index in [9.17, 15) is 4.79 Å². The minimum absolute atomic E-state index is 0.0896. The summed E-state index contributed by atoms with van der Waals surface area (Å²) in [6.07, 6.45) is 2.06. The zero-order valence-corrected chi connectivity index (χ0v) is 8.26. The lowest BCUT2D eigenvalue weighted by molar-refractivity contribution is -0.142. The molecule has 0 saturated heterocycles. The Labute approximate surface area is 78.7 Å². The van der Waals surface area contributed by atoms with Gasteiger partial charge in [-0.3, -0.25) is 4.79 Å². The Morgan fingerprint density at radius 1 is 1.50 bits per heavy atom. The molecule has 0 radical (unpaired) electrons. The number of hydrogen-bond acceptors (Lipinski definition) is 3. The molecule has 0 aliphatic carbocycles. The zero-order valence-electron chi connectivity index (χ0n) is 7.36. The largest absolute Gasteiger partial charge is 0.481 e. The lowest BCUT2D eigenvalue weighted by atomic mass is 9.98. The molecule has 72 valence electrons. The second-order valence-electron chi connectivity index (χ2n) is 3.10. The molecule has 0 aromatic carbocycles. The number of hydrogen-bond donors (Lipinski definition) is 3. The van der Waals surface area contributed by atoms with Crippen LogP contribution in [-0.2, 0) is 4.79 Å². The average Bonchev–Trinajstić information content (AvgIpc) is 1.96. The van der Waals surface area contributed by atoms with E-state index in [0.717, 1.165) is 6.42 Å². The lowest BCUT2D eigenvalue weighted by Crippen LogP contribution is -2.20. The third-order valence-corrected chi connectivity index (χ3v) is 2.06. The number of carbonyl (C=O) groups is 1. The van der Waals surface area contributed by atoms with Crippen LogP contribution in [0.2, 0.25) is 0 Å². The van der Waals surface area contributed by atoms with E-state index in [0.29, 0.717) is 18.6 Å². The summed E-state index contributed by atoms with van der Waals surface area (Å²) >= 11 is 4.00. The molecule has 4 heteroatoms. The van der Waals surface area contributed by atoms with Gasteiger partial charge in [0.1, 0.15) is 0 Å². The highest BCUT2D eigenvalue weighted by atomic mass is 32.1. The van der Waals surface area contributed by atoms with Gasteiger partial charge in [-0.1, -0.05) is 0 Å². The van der Waals surface area contributed by atoms with E-state index in [1.807, 2.05) is 6.92 Å². The van der Waals surface area contributed by atoms with Crippen molar-refractivity contribution in [2.24, 2.45) is 11.7 Å². The monoisotopic (exact) mass is 191 g/mol. The fourth-order valence-electron chi connectivity index (χ4n) is 1.01. The normalized spacial score (nSPS) is 15.6. The molecule has 0 heterocycles. The fraction of sp³-hybridized carbons (Fsp3) is 0.875. The molecule has 0 rings (SSSR count). The van der Waals surface area contributed by atoms with Crippen LogP contribution in [0.25, 0.3) is 0 Å². The number of aliphatic carboxylic acids is 1. The van der Waals surface area contributed by atoms with Gasteiger partial charge in [0, 0.05) is 6.04 Å². The maximum atomic E-state index is 10.6. The Bertz CT molecular complexity index is 139. The van der Waals surface area contributed by atoms with Gasteiger partial charge in [0.25, 0.3) is 0 Å². The molecule has 12 heavy (non-hydrogen) atoms. The quantitative estimate of drug-likeness (QED) is 0.552. The Kier molecular flexibility index (Phi) is 6.20.